The number of hydrogen-bond donors (Lipinski definition) is 4. The number of aliphatic carboxylic acids is 1. The molecule has 10 nitrogen and oxygen atoms in total. The third kappa shape index (κ3) is 10.5. The number of carboxylic acid groups (broad SMARTS) is 1. The number of halogens is 1. The number of nitrogens with zero attached hydrogens (tertiary/aromatic N) is 3. The Kier molecular flexibility index (Phi) is 14.6. The van der Waals surface area contributed by atoms with Crippen molar-refractivity contribution in [3.05, 3.63) is 135 Å². The van der Waals surface area contributed by atoms with Gasteiger partial charge in [0.25, 0.3) is 0 Å². The summed E-state index contributed by atoms with van der Waals surface area (Å²) in [5.41, 5.74) is 11.1. The van der Waals surface area contributed by atoms with E-state index in [1.165, 1.54) is 6.20 Å². The highest BCUT2D eigenvalue weighted by atomic mass is 35.5. The molecule has 4 aromatic carbocycles. The monoisotopic (exact) mass is 772 g/mol. The van der Waals surface area contributed by atoms with Crippen LogP contribution < -0.4 is 14.8 Å². The first-order valence-electron chi connectivity index (χ1n) is 18.1. The van der Waals surface area contributed by atoms with Crippen LogP contribution in [0.25, 0.3) is 22.3 Å². The van der Waals surface area contributed by atoms with Gasteiger partial charge in [-0.05, 0) is 90.6 Å². The van der Waals surface area contributed by atoms with E-state index in [9.17, 15) is 25.4 Å². The Balaban J connectivity index is 1.42. The lowest BCUT2D eigenvalue weighted by Crippen LogP contribution is -2.39. The van der Waals surface area contributed by atoms with E-state index in [4.69, 9.17) is 21.1 Å². The SMILES string of the molecule is Cc1c(COc2cc(OCc3cncc(C#N)c3)c(CNC(CO)C(=O)O)cc2Cl)cccc1-c1cccc(-c2ccc(CN(C)C)c(C#CCCO)c2)c1C. The Morgan fingerprint density at radius 2 is 1.62 bits per heavy atom. The van der Waals surface area contributed by atoms with Crippen LogP contribution in [0.3, 0.4) is 0 Å². The third-order valence-corrected chi connectivity index (χ3v) is 9.57. The van der Waals surface area contributed by atoms with Gasteiger partial charge in [-0.3, -0.25) is 15.1 Å². The number of aliphatic hydroxyl groups is 2. The second kappa shape index (κ2) is 19.7. The van der Waals surface area contributed by atoms with Crippen molar-refractivity contribution in [2.24, 2.45) is 0 Å². The molecule has 288 valence electrons. The number of nitriles is 1. The molecule has 11 heteroatoms. The number of carboxylic acids is 1. The Labute approximate surface area is 332 Å². The number of aromatic nitrogens is 1. The number of aliphatic hydroxyl groups excluding tert-OH is 2. The van der Waals surface area contributed by atoms with Gasteiger partial charge in [0.05, 0.1) is 23.8 Å². The second-order valence-corrected chi connectivity index (χ2v) is 14.0. The van der Waals surface area contributed by atoms with Crippen molar-refractivity contribution < 1.29 is 29.6 Å². The van der Waals surface area contributed by atoms with E-state index in [0.717, 1.165) is 56.6 Å². The quantitative estimate of drug-likeness (QED) is 0.0770. The largest absolute Gasteiger partial charge is 0.488 e. The van der Waals surface area contributed by atoms with Gasteiger partial charge >= 0.3 is 5.97 Å². The molecule has 4 N–H and O–H groups in total. The van der Waals surface area contributed by atoms with Crippen molar-refractivity contribution in [2.75, 3.05) is 27.3 Å². The van der Waals surface area contributed by atoms with Gasteiger partial charge in [0, 0.05) is 54.7 Å². The molecule has 0 saturated heterocycles. The van der Waals surface area contributed by atoms with E-state index in [-0.39, 0.29) is 26.4 Å². The molecular formula is C45H45ClN4O6. The summed E-state index contributed by atoms with van der Waals surface area (Å²) >= 11 is 6.74. The van der Waals surface area contributed by atoms with Crippen LogP contribution in [0.4, 0.5) is 0 Å². The van der Waals surface area contributed by atoms with E-state index in [1.54, 1.807) is 24.4 Å². The zero-order chi connectivity index (χ0) is 40.2. The highest BCUT2D eigenvalue weighted by molar-refractivity contribution is 6.32. The Bertz CT molecular complexity index is 2290. The number of pyridine rings is 1. The summed E-state index contributed by atoms with van der Waals surface area (Å²) in [6.45, 7) is 4.71. The summed E-state index contributed by atoms with van der Waals surface area (Å²) in [6.07, 6.45) is 3.48. The van der Waals surface area contributed by atoms with E-state index in [0.29, 0.717) is 39.6 Å². The number of hydrogen-bond acceptors (Lipinski definition) is 9. The topological polar surface area (TPSA) is 148 Å². The van der Waals surface area contributed by atoms with Crippen LogP contribution in [-0.4, -0.2) is 64.5 Å². The minimum Gasteiger partial charge on any atom is -0.488 e. The number of carbonyl (C=O) groups is 1. The summed E-state index contributed by atoms with van der Waals surface area (Å²) in [7, 11) is 4.06. The third-order valence-electron chi connectivity index (χ3n) is 9.27. The average Bonchev–Trinajstić information content (AvgIpc) is 3.18. The summed E-state index contributed by atoms with van der Waals surface area (Å²) in [5, 5.41) is 40.7. The molecule has 0 amide bonds. The van der Waals surface area contributed by atoms with Gasteiger partial charge in [0.1, 0.15) is 36.8 Å². The molecule has 0 bridgehead atoms. The zero-order valence-corrected chi connectivity index (χ0v) is 32.7. The molecule has 5 rings (SSSR count). The first-order valence-corrected chi connectivity index (χ1v) is 18.5. The summed E-state index contributed by atoms with van der Waals surface area (Å²) in [6, 6.07) is 24.7. The molecule has 5 aromatic rings. The van der Waals surface area contributed by atoms with Crippen LogP contribution in [0.5, 0.6) is 11.5 Å². The Hall–Kier alpha value is -5.72. The number of rotatable bonds is 16. The van der Waals surface area contributed by atoms with E-state index >= 15 is 0 Å². The van der Waals surface area contributed by atoms with Crippen LogP contribution in [-0.2, 0) is 31.1 Å². The number of nitrogens with one attached hydrogen (secondary N) is 1. The first kappa shape index (κ1) is 41.4. The highest BCUT2D eigenvalue weighted by Gasteiger charge is 2.19. The van der Waals surface area contributed by atoms with Crippen LogP contribution in [0.15, 0.2) is 85.2 Å². The standard InChI is InChI=1S/C45H45ClN4O6/c1-29-36(10-7-12-39(29)40-13-8-11-38(30(40)2)34-14-15-35(25-50(3)4)33(18-34)9-5-6-16-51)28-56-44-20-43(55-27-32-17-31(21-47)22-48-23-32)37(19-41(44)46)24-49-42(26-52)45(53)54/h7-8,10-15,17-20,22-23,42,49,51-52H,6,16,24-28H2,1-4H3,(H,53,54). The Morgan fingerprint density at radius 3 is 2.34 bits per heavy atom. The molecule has 0 aliphatic carbocycles. The molecule has 56 heavy (non-hydrogen) atoms. The average molecular weight is 773 g/mol. The van der Waals surface area contributed by atoms with Gasteiger partial charge in [-0.15, -0.1) is 0 Å². The molecular weight excluding hydrogens is 728 g/mol. The predicted octanol–water partition coefficient (Wildman–Crippen LogP) is 7.05. The number of ether oxygens (including phenoxy) is 2. The molecule has 0 aliphatic heterocycles. The van der Waals surface area contributed by atoms with Gasteiger partial charge in [-0.1, -0.05) is 72.0 Å². The maximum absolute atomic E-state index is 11.5. The van der Waals surface area contributed by atoms with Crippen molar-refractivity contribution in [1.82, 2.24) is 15.2 Å². The molecule has 0 fully saturated rings. The van der Waals surface area contributed by atoms with E-state index in [1.807, 2.05) is 26.2 Å². The molecule has 1 unspecified atom stereocenters. The molecule has 1 aromatic heterocycles. The molecule has 0 saturated carbocycles. The maximum Gasteiger partial charge on any atom is 0.323 e. The van der Waals surface area contributed by atoms with Crippen molar-refractivity contribution in [3.8, 4) is 51.7 Å². The molecule has 0 spiro atoms. The fourth-order valence-corrected chi connectivity index (χ4v) is 6.53. The van der Waals surface area contributed by atoms with Gasteiger partial charge in [-0.25, -0.2) is 0 Å². The van der Waals surface area contributed by atoms with Crippen molar-refractivity contribution in [1.29, 1.82) is 5.26 Å². The van der Waals surface area contributed by atoms with Crippen LogP contribution in [0.2, 0.25) is 5.02 Å². The van der Waals surface area contributed by atoms with Crippen LogP contribution in [0.1, 0.15) is 50.9 Å². The fourth-order valence-electron chi connectivity index (χ4n) is 6.29. The lowest BCUT2D eigenvalue weighted by atomic mass is 9.88. The lowest BCUT2D eigenvalue weighted by molar-refractivity contribution is -0.140. The fraction of sp³-hybridized carbons (Fsp3) is 0.267. The smallest absolute Gasteiger partial charge is 0.323 e. The highest BCUT2D eigenvalue weighted by Crippen LogP contribution is 2.37. The summed E-state index contributed by atoms with van der Waals surface area (Å²) in [5.74, 6) is 5.92. The van der Waals surface area contributed by atoms with Crippen molar-refractivity contribution in [2.45, 2.75) is 52.6 Å². The maximum atomic E-state index is 11.5. The van der Waals surface area contributed by atoms with Gasteiger partial charge in [0.15, 0.2) is 0 Å². The zero-order valence-electron chi connectivity index (χ0n) is 31.9. The molecule has 1 heterocycles. The van der Waals surface area contributed by atoms with E-state index < -0.39 is 18.6 Å². The second-order valence-electron chi connectivity index (χ2n) is 13.6. The van der Waals surface area contributed by atoms with Gasteiger partial charge in [0.2, 0.25) is 0 Å². The number of benzene rings is 4. The van der Waals surface area contributed by atoms with Gasteiger partial charge < -0.3 is 29.7 Å². The van der Waals surface area contributed by atoms with Crippen molar-refractivity contribution in [3.63, 3.8) is 0 Å². The van der Waals surface area contributed by atoms with Crippen molar-refractivity contribution >= 4 is 17.6 Å². The van der Waals surface area contributed by atoms with Crippen LogP contribution >= 0.6 is 11.6 Å². The minimum absolute atomic E-state index is 0.0218. The molecule has 0 radical (unpaired) electrons. The minimum atomic E-state index is -1.19. The van der Waals surface area contributed by atoms with Crippen LogP contribution in [0, 0.1) is 37.0 Å². The predicted molar refractivity (Wildman–Crippen MR) is 217 cm³/mol. The summed E-state index contributed by atoms with van der Waals surface area (Å²) in [4.78, 5) is 17.7. The Morgan fingerprint density at radius 1 is 0.893 bits per heavy atom. The molecule has 1 atom stereocenters. The molecule has 0 aliphatic rings. The normalized spacial score (nSPS) is 11.4. The summed E-state index contributed by atoms with van der Waals surface area (Å²) < 4.78 is 12.5. The lowest BCUT2D eigenvalue weighted by Gasteiger charge is -2.19. The first-order chi connectivity index (χ1) is 27.0. The van der Waals surface area contributed by atoms with Gasteiger partial charge in [-0.2, -0.15) is 5.26 Å². The van der Waals surface area contributed by atoms with E-state index in [2.05, 4.69) is 89.4 Å².